The monoisotopic (exact) mass is 419 g/mol. The summed E-state index contributed by atoms with van der Waals surface area (Å²) >= 11 is 0. The molecule has 1 unspecified atom stereocenters. The zero-order chi connectivity index (χ0) is 21.0. The largest absolute Gasteiger partial charge is 0.504 e. The van der Waals surface area contributed by atoms with Crippen molar-refractivity contribution in [3.63, 3.8) is 0 Å². The Morgan fingerprint density at radius 3 is 2.70 bits per heavy atom. The topological polar surface area (TPSA) is 105 Å². The molecule has 2 aliphatic rings. The highest BCUT2D eigenvalue weighted by atomic mass is 32.2. The third-order valence-corrected chi connectivity index (χ3v) is 7.34. The molecule has 0 spiro atoms. The van der Waals surface area contributed by atoms with Gasteiger partial charge in [0.2, 0.25) is 9.84 Å². The SMILES string of the molecule is Cn1nc(/C(O)=C(/C#N)S(=O)(=O)c2ccccc2)c2c1-c1cccc3c1C2CCO3. The first-order chi connectivity index (χ1) is 14.4. The maximum atomic E-state index is 13.0. The van der Waals surface area contributed by atoms with Gasteiger partial charge in [-0.1, -0.05) is 30.3 Å². The Morgan fingerprint density at radius 1 is 1.20 bits per heavy atom. The van der Waals surface area contributed by atoms with Gasteiger partial charge >= 0.3 is 0 Å². The van der Waals surface area contributed by atoms with Gasteiger partial charge in [0.1, 0.15) is 17.5 Å². The van der Waals surface area contributed by atoms with Gasteiger partial charge in [0.25, 0.3) is 0 Å². The Kier molecular flexibility index (Phi) is 3.98. The number of hydrogen-bond donors (Lipinski definition) is 1. The molecule has 1 aromatic heterocycles. The summed E-state index contributed by atoms with van der Waals surface area (Å²) in [5, 5.41) is 25.1. The Labute approximate surface area is 173 Å². The fourth-order valence-corrected chi connectivity index (χ4v) is 5.61. The first kappa shape index (κ1) is 18.5. The number of allylic oxidation sites excluding steroid dienone is 1. The van der Waals surface area contributed by atoms with Crippen LogP contribution in [0.15, 0.2) is 58.3 Å². The van der Waals surface area contributed by atoms with Crippen LogP contribution in [0.2, 0.25) is 0 Å². The van der Waals surface area contributed by atoms with E-state index in [4.69, 9.17) is 4.74 Å². The van der Waals surface area contributed by atoms with Gasteiger partial charge in [0, 0.05) is 29.7 Å². The predicted octanol–water partition coefficient (Wildman–Crippen LogP) is 3.54. The molecule has 1 atom stereocenters. The van der Waals surface area contributed by atoms with Crippen LogP contribution >= 0.6 is 0 Å². The van der Waals surface area contributed by atoms with Crippen LogP contribution in [0.4, 0.5) is 0 Å². The lowest BCUT2D eigenvalue weighted by molar-refractivity contribution is 0.279. The van der Waals surface area contributed by atoms with E-state index < -0.39 is 20.5 Å². The zero-order valence-electron chi connectivity index (χ0n) is 16.0. The minimum atomic E-state index is -4.20. The summed E-state index contributed by atoms with van der Waals surface area (Å²) in [7, 11) is -2.46. The summed E-state index contributed by atoms with van der Waals surface area (Å²) in [4.78, 5) is -0.768. The molecule has 3 aromatic rings. The summed E-state index contributed by atoms with van der Waals surface area (Å²) in [6.45, 7) is 0.507. The number of ether oxygens (including phenoxy) is 1. The van der Waals surface area contributed by atoms with Crippen LogP contribution in [0.1, 0.15) is 29.2 Å². The van der Waals surface area contributed by atoms with Gasteiger partial charge in [-0.3, -0.25) is 4.68 Å². The van der Waals surface area contributed by atoms with Crippen LogP contribution in [-0.2, 0) is 16.9 Å². The number of aromatic nitrogens is 2. The average Bonchev–Trinajstić information content (AvgIpc) is 3.27. The van der Waals surface area contributed by atoms with E-state index in [9.17, 15) is 18.8 Å². The third-order valence-electron chi connectivity index (χ3n) is 5.63. The van der Waals surface area contributed by atoms with Gasteiger partial charge in [-0.05, 0) is 24.6 Å². The predicted molar refractivity (Wildman–Crippen MR) is 109 cm³/mol. The van der Waals surface area contributed by atoms with Crippen molar-refractivity contribution in [3.05, 3.63) is 70.3 Å². The highest BCUT2D eigenvalue weighted by molar-refractivity contribution is 7.95. The van der Waals surface area contributed by atoms with Gasteiger partial charge in [0.15, 0.2) is 10.7 Å². The van der Waals surface area contributed by atoms with Crippen LogP contribution in [0.25, 0.3) is 17.0 Å². The van der Waals surface area contributed by atoms with E-state index in [0.717, 1.165) is 28.1 Å². The van der Waals surface area contributed by atoms with Crippen LogP contribution < -0.4 is 4.74 Å². The lowest BCUT2D eigenvalue weighted by Crippen LogP contribution is -2.14. The average molecular weight is 419 g/mol. The highest BCUT2D eigenvalue weighted by Gasteiger charge is 2.41. The van der Waals surface area contributed by atoms with Crippen LogP contribution in [0.3, 0.4) is 0 Å². The van der Waals surface area contributed by atoms with Gasteiger partial charge in [-0.25, -0.2) is 8.42 Å². The summed E-state index contributed by atoms with van der Waals surface area (Å²) in [6, 6.07) is 15.0. The second kappa shape index (κ2) is 6.47. The first-order valence-corrected chi connectivity index (χ1v) is 10.9. The van der Waals surface area contributed by atoms with Crippen molar-refractivity contribution in [3.8, 4) is 23.1 Å². The van der Waals surface area contributed by atoms with Crippen LogP contribution in [-0.4, -0.2) is 29.9 Å². The zero-order valence-corrected chi connectivity index (χ0v) is 16.8. The molecule has 2 aromatic carbocycles. The number of hydrogen-bond acceptors (Lipinski definition) is 6. The van der Waals surface area contributed by atoms with Crippen molar-refractivity contribution >= 4 is 15.6 Å². The number of aliphatic hydroxyl groups excluding tert-OH is 1. The maximum absolute atomic E-state index is 13.0. The second-order valence-corrected chi connectivity index (χ2v) is 9.13. The fraction of sp³-hybridized carbons (Fsp3) is 0.182. The number of benzene rings is 2. The molecule has 150 valence electrons. The van der Waals surface area contributed by atoms with Gasteiger partial charge < -0.3 is 9.84 Å². The Hall–Kier alpha value is -3.57. The number of nitrogens with zero attached hydrogens (tertiary/aromatic N) is 3. The van der Waals surface area contributed by atoms with E-state index in [2.05, 4.69) is 5.10 Å². The minimum Gasteiger partial charge on any atom is -0.504 e. The number of fused-ring (bicyclic) bond motifs is 3. The molecule has 5 rings (SSSR count). The van der Waals surface area contributed by atoms with Crippen molar-refractivity contribution in [1.82, 2.24) is 9.78 Å². The fourth-order valence-electron chi connectivity index (χ4n) is 4.39. The van der Waals surface area contributed by atoms with Crippen molar-refractivity contribution < 1.29 is 18.3 Å². The molecule has 0 amide bonds. The van der Waals surface area contributed by atoms with Gasteiger partial charge in [0.05, 0.1) is 17.2 Å². The van der Waals surface area contributed by atoms with E-state index in [0.29, 0.717) is 13.0 Å². The van der Waals surface area contributed by atoms with Crippen LogP contribution in [0.5, 0.6) is 5.75 Å². The van der Waals surface area contributed by atoms with Crippen molar-refractivity contribution in [2.75, 3.05) is 6.61 Å². The molecular formula is C22H17N3O4S. The lowest BCUT2D eigenvalue weighted by Gasteiger charge is -2.23. The van der Waals surface area contributed by atoms with Crippen LogP contribution in [0, 0.1) is 11.3 Å². The molecular weight excluding hydrogens is 402 g/mol. The van der Waals surface area contributed by atoms with E-state index in [-0.39, 0.29) is 16.5 Å². The highest BCUT2D eigenvalue weighted by Crippen LogP contribution is 2.54. The summed E-state index contributed by atoms with van der Waals surface area (Å²) < 4.78 is 33.5. The number of aliphatic hydroxyl groups is 1. The van der Waals surface area contributed by atoms with Crippen molar-refractivity contribution in [2.45, 2.75) is 17.2 Å². The van der Waals surface area contributed by atoms with E-state index in [1.807, 2.05) is 18.2 Å². The molecule has 2 heterocycles. The molecule has 1 N–H and O–H groups in total. The number of nitriles is 1. The van der Waals surface area contributed by atoms with E-state index >= 15 is 0 Å². The van der Waals surface area contributed by atoms with Crippen molar-refractivity contribution in [2.24, 2.45) is 7.05 Å². The quantitative estimate of drug-likeness (QED) is 0.514. The summed E-state index contributed by atoms with van der Waals surface area (Å²) in [5.41, 5.74) is 3.63. The maximum Gasteiger partial charge on any atom is 0.220 e. The standard InChI is InChI=1S/C22H17N3O4S/c1-25-21-15-8-5-9-16-18(15)14(10-11-29-16)19(21)20(24-25)22(26)17(12-23)30(27,28)13-6-3-2-4-7-13/h2-9,14,26H,10-11H2,1H3/b22-17+. The number of sulfone groups is 1. The molecule has 7 nitrogen and oxygen atoms in total. The molecule has 0 fully saturated rings. The molecule has 0 bridgehead atoms. The lowest BCUT2D eigenvalue weighted by atomic mass is 9.90. The Balaban J connectivity index is 1.74. The number of rotatable bonds is 3. The second-order valence-electron chi connectivity index (χ2n) is 7.25. The van der Waals surface area contributed by atoms with Gasteiger partial charge in [-0.2, -0.15) is 10.4 Å². The molecule has 30 heavy (non-hydrogen) atoms. The third kappa shape index (κ3) is 2.42. The normalized spacial score (nSPS) is 17.4. The Morgan fingerprint density at radius 2 is 1.97 bits per heavy atom. The van der Waals surface area contributed by atoms with Crippen molar-refractivity contribution in [1.29, 1.82) is 5.26 Å². The molecule has 8 heteroatoms. The first-order valence-electron chi connectivity index (χ1n) is 9.42. The smallest absolute Gasteiger partial charge is 0.220 e. The molecule has 0 saturated heterocycles. The summed E-state index contributed by atoms with van der Waals surface area (Å²) in [5.74, 6) is 0.0796. The minimum absolute atomic E-state index is 0.0580. The Bertz CT molecular complexity index is 1370. The van der Waals surface area contributed by atoms with E-state index in [1.165, 1.54) is 12.1 Å². The van der Waals surface area contributed by atoms with Gasteiger partial charge in [-0.15, -0.1) is 0 Å². The summed E-state index contributed by atoms with van der Waals surface area (Å²) in [6.07, 6.45) is 0.677. The molecule has 0 saturated carbocycles. The molecule has 0 radical (unpaired) electrons. The molecule has 1 aliphatic carbocycles. The number of aryl methyl sites for hydroxylation is 1. The molecule has 1 aliphatic heterocycles. The van der Waals surface area contributed by atoms with E-state index in [1.54, 1.807) is 36.0 Å².